The monoisotopic (exact) mass is 365 g/mol. The molecular formula is C18H24ClN3O3. The second-order valence-electron chi connectivity index (χ2n) is 5.60. The van der Waals surface area contributed by atoms with Gasteiger partial charge >= 0.3 is 0 Å². The van der Waals surface area contributed by atoms with Gasteiger partial charge in [-0.2, -0.15) is 0 Å². The van der Waals surface area contributed by atoms with Crippen molar-refractivity contribution in [2.24, 2.45) is 5.73 Å². The molecule has 2 aromatic rings. The molecule has 0 aliphatic carbocycles. The van der Waals surface area contributed by atoms with E-state index in [1.165, 1.54) is 11.2 Å². The van der Waals surface area contributed by atoms with Gasteiger partial charge < -0.3 is 20.4 Å². The molecule has 0 saturated heterocycles. The highest BCUT2D eigenvalue weighted by Crippen LogP contribution is 2.14. The van der Waals surface area contributed by atoms with Gasteiger partial charge in [0.05, 0.1) is 12.1 Å². The standard InChI is InChI=1S/C18H23N3O3.ClH/c1-3-8-21(18(23)14-9-15(10-19)24-12-14)11-17(22)20-16-7-5-4-6-13(16)2;/h4-7,9,12H,3,8,10-11,19H2,1-2H3,(H,20,22);1H. The third kappa shape index (κ3) is 5.62. The number of nitrogens with zero attached hydrogens (tertiary/aromatic N) is 1. The summed E-state index contributed by atoms with van der Waals surface area (Å²) in [6.07, 6.45) is 2.14. The number of halogens is 1. The Kier molecular flexibility index (Phi) is 8.18. The van der Waals surface area contributed by atoms with Crippen LogP contribution in [0.1, 0.15) is 35.0 Å². The second kappa shape index (κ2) is 9.86. The molecule has 0 bridgehead atoms. The second-order valence-corrected chi connectivity index (χ2v) is 5.60. The molecule has 7 heteroatoms. The molecule has 1 aromatic carbocycles. The maximum Gasteiger partial charge on any atom is 0.257 e. The lowest BCUT2D eigenvalue weighted by Gasteiger charge is -2.21. The molecule has 0 aliphatic rings. The van der Waals surface area contributed by atoms with Crippen LogP contribution < -0.4 is 11.1 Å². The van der Waals surface area contributed by atoms with Crippen molar-refractivity contribution in [2.45, 2.75) is 26.8 Å². The lowest BCUT2D eigenvalue weighted by atomic mass is 10.2. The molecule has 1 heterocycles. The molecule has 2 rings (SSSR count). The summed E-state index contributed by atoms with van der Waals surface area (Å²) in [4.78, 5) is 26.4. The first-order chi connectivity index (χ1) is 11.5. The molecule has 0 spiro atoms. The Bertz CT molecular complexity index is 715. The maximum absolute atomic E-state index is 12.6. The number of carbonyl (C=O) groups excluding carboxylic acids is 2. The van der Waals surface area contributed by atoms with Gasteiger partial charge in [0.15, 0.2) is 0 Å². The third-order valence-corrected chi connectivity index (χ3v) is 3.64. The van der Waals surface area contributed by atoms with Crippen LogP contribution in [-0.4, -0.2) is 29.8 Å². The Morgan fingerprint density at radius 3 is 2.60 bits per heavy atom. The number of hydrogen-bond acceptors (Lipinski definition) is 4. The minimum absolute atomic E-state index is 0. The summed E-state index contributed by atoms with van der Waals surface area (Å²) in [6, 6.07) is 9.14. The van der Waals surface area contributed by atoms with E-state index in [0.717, 1.165) is 17.7 Å². The Hall–Kier alpha value is -2.31. The fourth-order valence-corrected chi connectivity index (χ4v) is 2.38. The number of benzene rings is 1. The molecule has 0 aliphatic heterocycles. The molecule has 1 aromatic heterocycles. The van der Waals surface area contributed by atoms with Crippen LogP contribution in [0.4, 0.5) is 5.69 Å². The number of rotatable bonds is 7. The number of amides is 2. The first-order valence-electron chi connectivity index (χ1n) is 7.97. The van der Waals surface area contributed by atoms with Crippen LogP contribution in [0.15, 0.2) is 41.0 Å². The van der Waals surface area contributed by atoms with E-state index in [1.54, 1.807) is 6.07 Å². The molecule has 6 nitrogen and oxygen atoms in total. The third-order valence-electron chi connectivity index (χ3n) is 3.64. The predicted molar refractivity (Wildman–Crippen MR) is 99.9 cm³/mol. The molecule has 0 fully saturated rings. The zero-order valence-corrected chi connectivity index (χ0v) is 15.3. The van der Waals surface area contributed by atoms with E-state index in [9.17, 15) is 9.59 Å². The highest BCUT2D eigenvalue weighted by molar-refractivity contribution is 5.99. The van der Waals surface area contributed by atoms with Crippen molar-refractivity contribution >= 4 is 29.9 Å². The molecule has 0 atom stereocenters. The van der Waals surface area contributed by atoms with Crippen LogP contribution in [0.5, 0.6) is 0 Å². The SMILES string of the molecule is CCCN(CC(=O)Nc1ccccc1C)C(=O)c1coc(CN)c1.Cl. The van der Waals surface area contributed by atoms with E-state index in [2.05, 4.69) is 5.32 Å². The smallest absolute Gasteiger partial charge is 0.257 e. The molecule has 3 N–H and O–H groups in total. The van der Waals surface area contributed by atoms with Crippen molar-refractivity contribution in [1.29, 1.82) is 0 Å². The lowest BCUT2D eigenvalue weighted by molar-refractivity contribution is -0.116. The summed E-state index contributed by atoms with van der Waals surface area (Å²) in [7, 11) is 0. The summed E-state index contributed by atoms with van der Waals surface area (Å²) in [6.45, 7) is 4.59. The van der Waals surface area contributed by atoms with Crippen molar-refractivity contribution in [3.05, 3.63) is 53.5 Å². The van der Waals surface area contributed by atoms with Gasteiger partial charge in [0.1, 0.15) is 18.6 Å². The molecule has 25 heavy (non-hydrogen) atoms. The summed E-state index contributed by atoms with van der Waals surface area (Å²) in [5, 5.41) is 2.85. The van der Waals surface area contributed by atoms with Gasteiger partial charge in [-0.1, -0.05) is 25.1 Å². The summed E-state index contributed by atoms with van der Waals surface area (Å²) in [5.74, 6) is 0.0769. The van der Waals surface area contributed by atoms with Gasteiger partial charge in [0.2, 0.25) is 5.91 Å². The number of hydrogen-bond donors (Lipinski definition) is 2. The maximum atomic E-state index is 12.6. The minimum atomic E-state index is -0.236. The van der Waals surface area contributed by atoms with Crippen LogP contribution in [0.2, 0.25) is 0 Å². The van der Waals surface area contributed by atoms with Crippen LogP contribution in [0, 0.1) is 6.92 Å². The fourth-order valence-electron chi connectivity index (χ4n) is 2.38. The number of anilines is 1. The summed E-state index contributed by atoms with van der Waals surface area (Å²) in [5.41, 5.74) is 7.63. The summed E-state index contributed by atoms with van der Waals surface area (Å²) >= 11 is 0. The largest absolute Gasteiger partial charge is 0.467 e. The van der Waals surface area contributed by atoms with Crippen LogP contribution in [-0.2, 0) is 11.3 Å². The Morgan fingerprint density at radius 1 is 1.28 bits per heavy atom. The van der Waals surface area contributed by atoms with Gasteiger partial charge in [0.25, 0.3) is 5.91 Å². The number of nitrogens with two attached hydrogens (primary N) is 1. The Morgan fingerprint density at radius 2 is 2.00 bits per heavy atom. The van der Waals surface area contributed by atoms with Crippen LogP contribution >= 0.6 is 12.4 Å². The topological polar surface area (TPSA) is 88.6 Å². The highest BCUT2D eigenvalue weighted by Gasteiger charge is 2.20. The molecule has 2 amide bonds. The normalized spacial score (nSPS) is 10.0. The zero-order valence-electron chi connectivity index (χ0n) is 14.5. The number of nitrogens with one attached hydrogen (secondary N) is 1. The highest BCUT2D eigenvalue weighted by atomic mass is 35.5. The number of para-hydroxylation sites is 1. The predicted octanol–water partition coefficient (Wildman–Crippen LogP) is 2.96. The molecule has 0 radical (unpaired) electrons. The van der Waals surface area contributed by atoms with Gasteiger partial charge in [-0.15, -0.1) is 12.4 Å². The first kappa shape index (κ1) is 20.7. The van der Waals surface area contributed by atoms with Gasteiger partial charge in [0, 0.05) is 12.2 Å². The van der Waals surface area contributed by atoms with Crippen molar-refractivity contribution in [3.63, 3.8) is 0 Å². The van der Waals surface area contributed by atoms with E-state index < -0.39 is 0 Å². The van der Waals surface area contributed by atoms with E-state index in [-0.39, 0.29) is 37.3 Å². The van der Waals surface area contributed by atoms with Crippen molar-refractivity contribution in [3.8, 4) is 0 Å². The number of furan rings is 1. The van der Waals surface area contributed by atoms with Gasteiger partial charge in [-0.05, 0) is 31.0 Å². The van der Waals surface area contributed by atoms with Gasteiger partial charge in [-0.3, -0.25) is 9.59 Å². The van der Waals surface area contributed by atoms with E-state index >= 15 is 0 Å². The van der Waals surface area contributed by atoms with Crippen molar-refractivity contribution in [2.75, 3.05) is 18.4 Å². The minimum Gasteiger partial charge on any atom is -0.467 e. The van der Waals surface area contributed by atoms with Crippen molar-refractivity contribution in [1.82, 2.24) is 4.90 Å². The lowest BCUT2D eigenvalue weighted by Crippen LogP contribution is -2.38. The first-order valence-corrected chi connectivity index (χ1v) is 7.97. The quantitative estimate of drug-likeness (QED) is 0.789. The van der Waals surface area contributed by atoms with Crippen LogP contribution in [0.25, 0.3) is 0 Å². The van der Waals surface area contributed by atoms with E-state index in [1.807, 2.05) is 38.1 Å². The average Bonchev–Trinajstić information content (AvgIpc) is 3.05. The molecule has 136 valence electrons. The van der Waals surface area contributed by atoms with E-state index in [0.29, 0.717) is 17.9 Å². The molecule has 0 unspecified atom stereocenters. The van der Waals surface area contributed by atoms with Crippen molar-refractivity contribution < 1.29 is 14.0 Å². The summed E-state index contributed by atoms with van der Waals surface area (Å²) < 4.78 is 5.21. The Balaban J connectivity index is 0.00000312. The number of aryl methyl sites for hydroxylation is 1. The van der Waals surface area contributed by atoms with Crippen LogP contribution in [0.3, 0.4) is 0 Å². The number of carbonyl (C=O) groups is 2. The van der Waals surface area contributed by atoms with E-state index in [4.69, 9.17) is 10.2 Å². The average molecular weight is 366 g/mol. The Labute approximate surface area is 153 Å². The molecular weight excluding hydrogens is 342 g/mol. The van der Waals surface area contributed by atoms with Gasteiger partial charge in [-0.25, -0.2) is 0 Å². The zero-order chi connectivity index (χ0) is 17.5. The fraction of sp³-hybridized carbons (Fsp3) is 0.333. The molecule has 0 saturated carbocycles.